The summed E-state index contributed by atoms with van der Waals surface area (Å²) in [4.78, 5) is 0. The van der Waals surface area contributed by atoms with Crippen LogP contribution in [0.25, 0.3) is 0 Å². The lowest BCUT2D eigenvalue weighted by Crippen LogP contribution is -2.26. The highest BCUT2D eigenvalue weighted by atomic mass is 32.2. The molecule has 8 aliphatic rings. The van der Waals surface area contributed by atoms with E-state index in [-0.39, 0.29) is 0 Å². The van der Waals surface area contributed by atoms with Gasteiger partial charge >= 0.3 is 0 Å². The molecule has 0 aromatic rings. The quantitative estimate of drug-likeness (QED) is 0.0531. The first-order valence-corrected chi connectivity index (χ1v) is 51.4. The van der Waals surface area contributed by atoms with Gasteiger partial charge < -0.3 is 0 Å². The lowest BCUT2D eigenvalue weighted by molar-refractivity contribution is 0.488. The van der Waals surface area contributed by atoms with Crippen LogP contribution in [0.1, 0.15) is 0 Å². The molecule has 0 spiro atoms. The van der Waals surface area contributed by atoms with E-state index < -0.39 is 0 Å². The zero-order valence-electron chi connectivity index (χ0n) is 41.8. The monoisotopic (exact) mass is 1400 g/mol. The van der Waals surface area contributed by atoms with Gasteiger partial charge in [0.25, 0.3) is 0 Å². The fourth-order valence-electron chi connectivity index (χ4n) is 7.12. The second kappa shape index (κ2) is 43.6. The second-order valence-corrected chi connectivity index (χ2v) is 46.7. The first-order valence-electron chi connectivity index (χ1n) is 25.9. The highest BCUT2D eigenvalue weighted by Gasteiger charge is 2.27. The summed E-state index contributed by atoms with van der Waals surface area (Å²) < 4.78 is 0. The molecule has 0 saturated carbocycles. The van der Waals surface area contributed by atoms with Crippen molar-refractivity contribution in [1.29, 1.82) is 0 Å². The van der Waals surface area contributed by atoms with Gasteiger partial charge in [-0.25, -0.2) is 0 Å². The molecule has 0 aliphatic carbocycles. The summed E-state index contributed by atoms with van der Waals surface area (Å²) in [6, 6.07) is 0. The predicted octanol–water partition coefficient (Wildman–Crippen LogP) is 15.9. The molecule has 71 heavy (non-hydrogen) atoms. The Morgan fingerprint density at radius 1 is 0.225 bits per heavy atom. The van der Waals surface area contributed by atoms with Crippen molar-refractivity contribution in [3.63, 3.8) is 0 Å². The fourth-order valence-corrected chi connectivity index (χ4v) is 37.7. The Balaban J connectivity index is 0.000000211. The number of thioether (sulfide) groups is 23. The van der Waals surface area contributed by atoms with Gasteiger partial charge in [-0.05, 0) is 34.8 Å². The van der Waals surface area contributed by atoms with Crippen LogP contribution in [0.2, 0.25) is 0 Å². The molecule has 8 fully saturated rings. The van der Waals surface area contributed by atoms with Crippen LogP contribution in [-0.4, -0.2) is 260 Å². The lowest BCUT2D eigenvalue weighted by atomic mass is 10.00. The van der Waals surface area contributed by atoms with Gasteiger partial charge in [0, 0.05) is 237 Å². The molecule has 0 radical (unpaired) electrons. The smallest absolute Gasteiger partial charge is 0.0229 e. The molecule has 8 rings (SSSR count). The van der Waals surface area contributed by atoms with E-state index in [1.54, 1.807) is 0 Å². The van der Waals surface area contributed by atoms with Gasteiger partial charge in [-0.3, -0.25) is 0 Å². The molecule has 0 nitrogen and oxygen atoms in total. The van der Waals surface area contributed by atoms with Crippen LogP contribution in [0.4, 0.5) is 0 Å². The Bertz CT molecular complexity index is 1140. The third kappa shape index (κ3) is 30.3. The summed E-state index contributed by atoms with van der Waals surface area (Å²) >= 11 is 51.1. The summed E-state index contributed by atoms with van der Waals surface area (Å²) in [6.45, 7) is 0. The van der Waals surface area contributed by atoms with E-state index in [0.717, 1.165) is 64.3 Å². The Hall–Kier alpha value is 8.05. The van der Waals surface area contributed by atoms with Crippen LogP contribution < -0.4 is 0 Å². The van der Waals surface area contributed by atoms with E-state index in [4.69, 9.17) is 0 Å². The van der Waals surface area contributed by atoms with Crippen molar-refractivity contribution >= 4 is 271 Å². The number of rotatable bonds is 45. The van der Waals surface area contributed by atoms with Gasteiger partial charge in [-0.1, -0.05) is 0 Å². The molecular formula is C48H84S23. The van der Waals surface area contributed by atoms with Crippen LogP contribution in [0.5, 0.6) is 0 Å². The maximum Gasteiger partial charge on any atom is 0.0229 e. The van der Waals surface area contributed by atoms with Gasteiger partial charge in [0.15, 0.2) is 0 Å². The molecule has 8 heterocycles. The number of hydrogen-bond donors (Lipinski definition) is 0. The molecule has 2 atom stereocenters. The van der Waals surface area contributed by atoms with E-state index in [2.05, 4.69) is 271 Å². The fraction of sp³-hybridized carbons (Fsp3) is 1.00. The van der Waals surface area contributed by atoms with Crippen LogP contribution in [0, 0.1) is 11.8 Å². The normalized spacial score (nSPS) is 22.4. The summed E-state index contributed by atoms with van der Waals surface area (Å²) in [5.41, 5.74) is 0. The maximum absolute atomic E-state index is 2.29. The zero-order valence-corrected chi connectivity index (χ0v) is 60.6. The summed E-state index contributed by atoms with van der Waals surface area (Å²) in [5.74, 6) is 51.7. The van der Waals surface area contributed by atoms with Crippen LogP contribution >= 0.6 is 271 Å². The van der Waals surface area contributed by atoms with Crippen molar-refractivity contribution in [1.82, 2.24) is 0 Å². The largest absolute Gasteiger partial charge is 0.161 e. The van der Waals surface area contributed by atoms with Crippen molar-refractivity contribution < 1.29 is 0 Å². The van der Waals surface area contributed by atoms with E-state index >= 15 is 0 Å². The minimum atomic E-state index is 0.856. The zero-order chi connectivity index (χ0) is 48.6. The maximum atomic E-state index is 2.29. The predicted molar refractivity (Wildman–Crippen MR) is 395 cm³/mol. The van der Waals surface area contributed by atoms with Crippen LogP contribution in [0.3, 0.4) is 0 Å². The van der Waals surface area contributed by atoms with Gasteiger partial charge in [0.05, 0.1) is 0 Å². The standard InChI is InChI=1S/C26H46S12.C22H38S11/c1(5-35-23-13-31-14-23)27-9-21(10-28-2-6-36-24-15-32-16-24)22(11-29-3-7-37-25-17-33-18-25)12-30-4-8-38-26-19-34-20-26;1(28-17-5-23-6-17)3-30-21(15-32-19-9-25-10-19)13-27-14-22(16-33-20-11-26-12-20)31-4-2-29-18-7-24-8-18/h21-26H,1-20H2;17-22H,1-16H2. The molecule has 23 heteroatoms. The van der Waals surface area contributed by atoms with Crippen molar-refractivity contribution in [2.45, 2.75) is 52.5 Å². The summed E-state index contributed by atoms with van der Waals surface area (Å²) in [6.07, 6.45) is 0. The van der Waals surface area contributed by atoms with Crippen molar-refractivity contribution in [3.8, 4) is 0 Å². The molecular weight excluding hydrogens is 1310 g/mol. The van der Waals surface area contributed by atoms with E-state index in [0.29, 0.717) is 0 Å². The molecule has 0 N–H and O–H groups in total. The number of hydrogen-bond acceptors (Lipinski definition) is 23. The first kappa shape index (κ1) is 66.6. The van der Waals surface area contributed by atoms with Crippen LogP contribution in [0.15, 0.2) is 0 Å². The Morgan fingerprint density at radius 2 is 0.451 bits per heavy atom. The third-order valence-corrected chi connectivity index (χ3v) is 47.0. The first-order chi connectivity index (χ1) is 35.2. The minimum absolute atomic E-state index is 0.856. The molecule has 8 aliphatic heterocycles. The highest BCUT2D eigenvalue weighted by molar-refractivity contribution is 8.12. The van der Waals surface area contributed by atoms with Gasteiger partial charge in [-0.2, -0.15) is 271 Å². The lowest BCUT2D eigenvalue weighted by Gasteiger charge is -2.28. The van der Waals surface area contributed by atoms with Crippen molar-refractivity contribution in [2.24, 2.45) is 11.8 Å². The second-order valence-electron chi connectivity index (χ2n) is 18.5. The Morgan fingerprint density at radius 3 is 0.676 bits per heavy atom. The van der Waals surface area contributed by atoms with Gasteiger partial charge in [-0.15, -0.1) is 0 Å². The third-order valence-electron chi connectivity index (χ3n) is 12.4. The van der Waals surface area contributed by atoms with Crippen molar-refractivity contribution in [3.05, 3.63) is 0 Å². The van der Waals surface area contributed by atoms with E-state index in [1.165, 1.54) is 207 Å². The average Bonchev–Trinajstić information content (AvgIpc) is 3.24. The van der Waals surface area contributed by atoms with Gasteiger partial charge in [0.2, 0.25) is 0 Å². The topological polar surface area (TPSA) is 0 Å². The summed E-state index contributed by atoms with van der Waals surface area (Å²) in [5, 5.41) is 9.42. The molecule has 0 aromatic carbocycles. The highest BCUT2D eigenvalue weighted by Crippen LogP contribution is 2.39. The van der Waals surface area contributed by atoms with Gasteiger partial charge in [0.1, 0.15) is 0 Å². The Kier molecular flexibility index (Phi) is 40.9. The molecule has 414 valence electrons. The van der Waals surface area contributed by atoms with E-state index in [1.807, 2.05) is 0 Å². The van der Waals surface area contributed by atoms with Crippen molar-refractivity contribution in [2.75, 3.05) is 207 Å². The minimum Gasteiger partial charge on any atom is -0.161 e. The molecule has 2 unspecified atom stereocenters. The SMILES string of the molecule is C(CSC(CSCC(CSC1CSC1)SCCSC1CSC1)CSC1CSC1)SC1CSC1.C(CSC1CSC1)SCC(CSCCSC1CSC1)C(CSCCSC1CSC1)CSCCSC1CSC1. The molecule has 0 bridgehead atoms. The molecule has 0 aromatic heterocycles. The molecule has 0 amide bonds. The average molecular weight is 1400 g/mol. The molecule has 8 saturated heterocycles. The Labute approximate surface area is 534 Å². The summed E-state index contributed by atoms with van der Waals surface area (Å²) in [7, 11) is 0. The van der Waals surface area contributed by atoms with Crippen LogP contribution in [-0.2, 0) is 0 Å². The van der Waals surface area contributed by atoms with E-state index in [9.17, 15) is 0 Å².